The Hall–Kier alpha value is 0.270. The minimum atomic E-state index is 0.532. The quantitative estimate of drug-likeness (QED) is 0.581. The van der Waals surface area contributed by atoms with Gasteiger partial charge in [0.2, 0.25) is 0 Å². The molecule has 2 nitrogen and oxygen atoms in total. The molecular weight excluding hydrogens is 158 g/mol. The van der Waals surface area contributed by atoms with Gasteiger partial charge in [-0.2, -0.15) is 11.8 Å². The van der Waals surface area contributed by atoms with E-state index in [1.54, 1.807) is 0 Å². The Balaban J connectivity index is 2.10. The zero-order valence-corrected chi connectivity index (χ0v) is 8.36. The zero-order valence-electron chi connectivity index (χ0n) is 7.54. The van der Waals surface area contributed by atoms with Crippen molar-refractivity contribution in [1.82, 2.24) is 4.90 Å². The van der Waals surface area contributed by atoms with Crippen LogP contribution in [-0.4, -0.2) is 49.3 Å². The van der Waals surface area contributed by atoms with E-state index < -0.39 is 0 Å². The maximum atomic E-state index is 5.16. The molecule has 1 fully saturated rings. The van der Waals surface area contributed by atoms with E-state index in [4.69, 9.17) is 4.74 Å². The molecule has 3 heteroatoms. The molecule has 0 saturated carbocycles. The Bertz CT molecular complexity index is 117. The summed E-state index contributed by atoms with van der Waals surface area (Å²) < 4.78 is 5.16. The lowest BCUT2D eigenvalue weighted by atomic mass is 10.3. The van der Waals surface area contributed by atoms with Crippen LogP contribution >= 0.6 is 11.8 Å². The molecule has 66 valence electrons. The summed E-state index contributed by atoms with van der Waals surface area (Å²) >= 11 is 1.90. The van der Waals surface area contributed by atoms with E-state index in [9.17, 15) is 0 Å². The van der Waals surface area contributed by atoms with Gasteiger partial charge in [0, 0.05) is 18.3 Å². The largest absolute Gasteiger partial charge is 0.372 e. The molecule has 1 saturated heterocycles. The topological polar surface area (TPSA) is 15.8 Å². The third-order valence-electron chi connectivity index (χ3n) is 2.05. The SMILES string of the molecule is CSCC(C)N(C)CC1CO1. The Morgan fingerprint density at radius 3 is 2.82 bits per heavy atom. The van der Waals surface area contributed by atoms with Crippen LogP contribution in [0.15, 0.2) is 0 Å². The molecule has 0 N–H and O–H groups in total. The van der Waals surface area contributed by atoms with Gasteiger partial charge in [-0.15, -0.1) is 0 Å². The molecule has 0 amide bonds. The van der Waals surface area contributed by atoms with Crippen molar-refractivity contribution in [2.75, 3.05) is 32.2 Å². The number of rotatable bonds is 5. The number of likely N-dealkylation sites (N-methyl/N-ethyl adjacent to an activating group) is 1. The number of ether oxygens (including phenoxy) is 1. The van der Waals surface area contributed by atoms with Crippen LogP contribution in [0.2, 0.25) is 0 Å². The molecular formula is C8H17NOS. The summed E-state index contributed by atoms with van der Waals surface area (Å²) in [5.74, 6) is 1.21. The van der Waals surface area contributed by atoms with Gasteiger partial charge in [0.15, 0.2) is 0 Å². The van der Waals surface area contributed by atoms with Gasteiger partial charge < -0.3 is 9.64 Å². The summed E-state index contributed by atoms with van der Waals surface area (Å²) in [7, 11) is 2.17. The number of hydrogen-bond donors (Lipinski definition) is 0. The maximum Gasteiger partial charge on any atom is 0.0936 e. The first-order chi connectivity index (χ1) is 5.24. The van der Waals surface area contributed by atoms with Crippen LogP contribution in [0.5, 0.6) is 0 Å². The van der Waals surface area contributed by atoms with E-state index in [0.717, 1.165) is 13.2 Å². The van der Waals surface area contributed by atoms with Crippen LogP contribution in [-0.2, 0) is 4.74 Å². The molecule has 1 rings (SSSR count). The van der Waals surface area contributed by atoms with Gasteiger partial charge in [-0.1, -0.05) is 0 Å². The molecule has 0 aliphatic carbocycles. The van der Waals surface area contributed by atoms with Gasteiger partial charge in [-0.25, -0.2) is 0 Å². The van der Waals surface area contributed by atoms with Crippen molar-refractivity contribution in [3.63, 3.8) is 0 Å². The van der Waals surface area contributed by atoms with Gasteiger partial charge in [0.25, 0.3) is 0 Å². The van der Waals surface area contributed by atoms with Crippen molar-refractivity contribution in [3.05, 3.63) is 0 Å². The maximum absolute atomic E-state index is 5.16. The lowest BCUT2D eigenvalue weighted by Crippen LogP contribution is -2.34. The molecule has 0 aromatic heterocycles. The summed E-state index contributed by atoms with van der Waals surface area (Å²) in [6, 6.07) is 0.675. The van der Waals surface area contributed by atoms with Crippen molar-refractivity contribution in [1.29, 1.82) is 0 Å². The number of hydrogen-bond acceptors (Lipinski definition) is 3. The highest BCUT2D eigenvalue weighted by Crippen LogP contribution is 2.12. The fourth-order valence-corrected chi connectivity index (χ4v) is 1.78. The average Bonchev–Trinajstić information content (AvgIpc) is 2.72. The minimum Gasteiger partial charge on any atom is -0.372 e. The van der Waals surface area contributed by atoms with E-state index in [-0.39, 0.29) is 0 Å². The number of nitrogens with zero attached hydrogens (tertiary/aromatic N) is 1. The fourth-order valence-electron chi connectivity index (χ4n) is 1.04. The number of thioether (sulfide) groups is 1. The van der Waals surface area contributed by atoms with Crippen LogP contribution < -0.4 is 0 Å². The third-order valence-corrected chi connectivity index (χ3v) is 2.87. The van der Waals surface area contributed by atoms with Crippen molar-refractivity contribution < 1.29 is 4.74 Å². The third kappa shape index (κ3) is 3.45. The summed E-state index contributed by atoms with van der Waals surface area (Å²) in [5, 5.41) is 0. The van der Waals surface area contributed by atoms with Gasteiger partial charge in [0.1, 0.15) is 0 Å². The predicted molar refractivity (Wildman–Crippen MR) is 50.2 cm³/mol. The highest BCUT2D eigenvalue weighted by molar-refractivity contribution is 7.98. The summed E-state index contributed by atoms with van der Waals surface area (Å²) in [6.45, 7) is 4.33. The molecule has 1 heterocycles. The van der Waals surface area contributed by atoms with E-state index in [1.165, 1.54) is 5.75 Å². The second-order valence-corrected chi connectivity index (χ2v) is 4.11. The Kier molecular flexibility index (Phi) is 3.69. The highest BCUT2D eigenvalue weighted by Gasteiger charge is 2.25. The van der Waals surface area contributed by atoms with Crippen molar-refractivity contribution in [3.8, 4) is 0 Å². The lowest BCUT2D eigenvalue weighted by Gasteiger charge is -2.22. The van der Waals surface area contributed by atoms with Gasteiger partial charge in [-0.3, -0.25) is 0 Å². The van der Waals surface area contributed by atoms with Crippen molar-refractivity contribution in [2.45, 2.75) is 19.1 Å². The predicted octanol–water partition coefficient (Wildman–Crippen LogP) is 1.07. The van der Waals surface area contributed by atoms with Gasteiger partial charge >= 0.3 is 0 Å². The van der Waals surface area contributed by atoms with Crippen molar-refractivity contribution in [2.24, 2.45) is 0 Å². The zero-order chi connectivity index (χ0) is 8.27. The van der Waals surface area contributed by atoms with E-state index in [1.807, 2.05) is 11.8 Å². The molecule has 0 bridgehead atoms. The van der Waals surface area contributed by atoms with Gasteiger partial charge in [-0.05, 0) is 20.2 Å². The average molecular weight is 175 g/mol. The first kappa shape index (κ1) is 9.36. The lowest BCUT2D eigenvalue weighted by molar-refractivity contribution is 0.245. The van der Waals surface area contributed by atoms with Crippen LogP contribution in [0.1, 0.15) is 6.92 Å². The first-order valence-electron chi connectivity index (χ1n) is 4.05. The monoisotopic (exact) mass is 175 g/mol. The Morgan fingerprint density at radius 2 is 2.36 bits per heavy atom. The van der Waals surface area contributed by atoms with E-state index >= 15 is 0 Å². The van der Waals surface area contributed by atoms with Crippen LogP contribution in [0.4, 0.5) is 0 Å². The second kappa shape index (κ2) is 4.33. The summed E-state index contributed by atoms with van der Waals surface area (Å²) in [4.78, 5) is 2.37. The molecule has 2 unspecified atom stereocenters. The molecule has 1 aliphatic rings. The Morgan fingerprint density at radius 1 is 1.73 bits per heavy atom. The summed E-state index contributed by atoms with van der Waals surface area (Å²) in [6.07, 6.45) is 2.68. The molecule has 0 aromatic rings. The summed E-state index contributed by atoms with van der Waals surface area (Å²) in [5.41, 5.74) is 0. The molecule has 2 atom stereocenters. The van der Waals surface area contributed by atoms with E-state index in [0.29, 0.717) is 12.1 Å². The Labute approximate surface area is 73.3 Å². The van der Waals surface area contributed by atoms with Crippen LogP contribution in [0, 0.1) is 0 Å². The first-order valence-corrected chi connectivity index (χ1v) is 5.44. The number of epoxide rings is 1. The van der Waals surface area contributed by atoms with Crippen LogP contribution in [0.3, 0.4) is 0 Å². The smallest absolute Gasteiger partial charge is 0.0936 e. The van der Waals surface area contributed by atoms with Gasteiger partial charge in [0.05, 0.1) is 12.7 Å². The molecule has 0 radical (unpaired) electrons. The minimum absolute atomic E-state index is 0.532. The highest BCUT2D eigenvalue weighted by atomic mass is 32.2. The second-order valence-electron chi connectivity index (χ2n) is 3.20. The standard InChI is InChI=1S/C8H17NOS/c1-7(6-11-3)9(2)4-8-5-10-8/h7-8H,4-6H2,1-3H3. The molecule has 0 aromatic carbocycles. The normalized spacial score (nSPS) is 25.6. The molecule has 11 heavy (non-hydrogen) atoms. The molecule has 0 spiro atoms. The van der Waals surface area contributed by atoms with Crippen molar-refractivity contribution >= 4 is 11.8 Å². The fraction of sp³-hybridized carbons (Fsp3) is 1.00. The van der Waals surface area contributed by atoms with E-state index in [2.05, 4.69) is 25.1 Å². The van der Waals surface area contributed by atoms with Crippen LogP contribution in [0.25, 0.3) is 0 Å². The molecule has 1 aliphatic heterocycles.